The van der Waals surface area contributed by atoms with Gasteiger partial charge in [0.15, 0.2) is 4.84 Å². The topological polar surface area (TPSA) is 33.1 Å². The Labute approximate surface area is 64.6 Å². The molecule has 0 bridgehead atoms. The van der Waals surface area contributed by atoms with E-state index in [0.717, 1.165) is 0 Å². The first kappa shape index (κ1) is 9.05. The van der Waals surface area contributed by atoms with Crippen molar-refractivity contribution in [3.63, 3.8) is 0 Å². The van der Waals surface area contributed by atoms with Crippen molar-refractivity contribution in [3.05, 3.63) is 0 Å². The monoisotopic (exact) mass is 169 g/mol. The normalized spacial score (nSPS) is 10.4. The summed E-state index contributed by atoms with van der Waals surface area (Å²) in [7, 11) is 0. The lowest BCUT2D eigenvalue weighted by Crippen LogP contribution is -2.16. The molecule has 1 N–H and O–H groups in total. The second kappa shape index (κ2) is 3.96. The van der Waals surface area contributed by atoms with Gasteiger partial charge in [0.05, 0.1) is 6.10 Å². The molecule has 0 atom stereocenters. The van der Waals surface area contributed by atoms with Gasteiger partial charge < -0.3 is 4.74 Å². The third kappa shape index (κ3) is 4.55. The van der Waals surface area contributed by atoms with Crippen LogP contribution >= 0.6 is 23.2 Å². The SMILES string of the molecule is CC(C)OC(=N)C(Cl)Cl. The number of rotatable bonds is 2. The van der Waals surface area contributed by atoms with Crippen molar-refractivity contribution in [2.45, 2.75) is 24.8 Å². The Morgan fingerprint density at radius 1 is 1.44 bits per heavy atom. The highest BCUT2D eigenvalue weighted by atomic mass is 35.5. The van der Waals surface area contributed by atoms with Crippen LogP contribution in [0.15, 0.2) is 0 Å². The Balaban J connectivity index is 3.51. The Bertz CT molecular complexity index is 103. The van der Waals surface area contributed by atoms with Crippen LogP contribution in [0.25, 0.3) is 0 Å². The van der Waals surface area contributed by atoms with Gasteiger partial charge in [-0.05, 0) is 13.8 Å². The maximum absolute atomic E-state index is 6.99. The van der Waals surface area contributed by atoms with Crippen LogP contribution in [0.5, 0.6) is 0 Å². The average molecular weight is 170 g/mol. The highest BCUT2D eigenvalue weighted by molar-refractivity contribution is 6.53. The molecule has 0 aliphatic carbocycles. The number of hydrogen-bond acceptors (Lipinski definition) is 2. The molecule has 0 radical (unpaired) electrons. The summed E-state index contributed by atoms with van der Waals surface area (Å²) in [5, 5.41) is 6.99. The van der Waals surface area contributed by atoms with Crippen LogP contribution in [-0.2, 0) is 4.74 Å². The van der Waals surface area contributed by atoms with Crippen LogP contribution in [0.1, 0.15) is 13.8 Å². The van der Waals surface area contributed by atoms with Crippen molar-refractivity contribution in [2.24, 2.45) is 0 Å². The van der Waals surface area contributed by atoms with Gasteiger partial charge in [-0.15, -0.1) is 0 Å². The predicted molar refractivity (Wildman–Crippen MR) is 39.4 cm³/mol. The molecular formula is C5H9Cl2NO. The van der Waals surface area contributed by atoms with E-state index in [0.29, 0.717) is 0 Å². The molecule has 0 aliphatic rings. The molecular weight excluding hydrogens is 161 g/mol. The molecule has 0 fully saturated rings. The molecule has 0 amide bonds. The fraction of sp³-hybridized carbons (Fsp3) is 0.800. The van der Waals surface area contributed by atoms with Gasteiger partial charge in [0, 0.05) is 0 Å². The quantitative estimate of drug-likeness (QED) is 0.384. The molecule has 0 aromatic heterocycles. The summed E-state index contributed by atoms with van der Waals surface area (Å²) in [6.07, 6.45) is -0.0301. The van der Waals surface area contributed by atoms with E-state index in [2.05, 4.69) is 0 Å². The number of nitrogens with one attached hydrogen (secondary N) is 1. The number of hydrogen-bond donors (Lipinski definition) is 1. The molecule has 0 heterocycles. The van der Waals surface area contributed by atoms with Gasteiger partial charge in [-0.25, -0.2) is 0 Å². The Hall–Kier alpha value is 0.0500. The van der Waals surface area contributed by atoms with Gasteiger partial charge in [-0.3, -0.25) is 5.41 Å². The van der Waals surface area contributed by atoms with Gasteiger partial charge in [0.25, 0.3) is 0 Å². The van der Waals surface area contributed by atoms with Crippen molar-refractivity contribution in [2.75, 3.05) is 0 Å². The summed E-state index contributed by atoms with van der Waals surface area (Å²) in [5.41, 5.74) is 0. The maximum atomic E-state index is 6.99. The van der Waals surface area contributed by atoms with Gasteiger partial charge in [0.2, 0.25) is 5.90 Å². The lowest BCUT2D eigenvalue weighted by atomic mass is 10.5. The van der Waals surface area contributed by atoms with E-state index in [1.807, 2.05) is 13.8 Å². The van der Waals surface area contributed by atoms with Crippen molar-refractivity contribution in [1.29, 1.82) is 5.41 Å². The van der Waals surface area contributed by atoms with E-state index in [-0.39, 0.29) is 12.0 Å². The molecule has 0 aromatic carbocycles. The zero-order valence-corrected chi connectivity index (χ0v) is 6.83. The second-order valence-electron chi connectivity index (χ2n) is 1.83. The molecule has 0 saturated heterocycles. The van der Waals surface area contributed by atoms with Crippen LogP contribution < -0.4 is 0 Å². The first-order valence-corrected chi connectivity index (χ1v) is 3.44. The van der Waals surface area contributed by atoms with Crippen molar-refractivity contribution in [3.8, 4) is 0 Å². The summed E-state index contributed by atoms with van der Waals surface area (Å²) < 4.78 is 4.83. The van der Waals surface area contributed by atoms with Gasteiger partial charge >= 0.3 is 0 Å². The van der Waals surface area contributed by atoms with Crippen LogP contribution in [0.4, 0.5) is 0 Å². The fourth-order valence-electron chi connectivity index (χ4n) is 0.305. The molecule has 2 nitrogen and oxygen atoms in total. The number of halogens is 2. The highest BCUT2D eigenvalue weighted by Crippen LogP contribution is 2.05. The smallest absolute Gasteiger partial charge is 0.214 e. The molecule has 0 aliphatic heterocycles. The van der Waals surface area contributed by atoms with Gasteiger partial charge in [-0.2, -0.15) is 0 Å². The Kier molecular flexibility index (Phi) is 3.98. The third-order valence-corrected chi connectivity index (χ3v) is 0.957. The molecule has 0 rings (SSSR count). The van der Waals surface area contributed by atoms with E-state index < -0.39 is 4.84 Å². The molecule has 4 heteroatoms. The fourth-order valence-corrected chi connectivity index (χ4v) is 0.408. The largest absolute Gasteiger partial charge is 0.476 e. The van der Waals surface area contributed by atoms with Crippen molar-refractivity contribution in [1.82, 2.24) is 0 Å². The molecule has 54 valence electrons. The first-order chi connectivity index (χ1) is 4.04. The van der Waals surface area contributed by atoms with Crippen LogP contribution in [0.2, 0.25) is 0 Å². The standard InChI is InChI=1S/C5H9Cl2NO/c1-3(2)9-5(8)4(6)7/h3-4,8H,1-2H3. The summed E-state index contributed by atoms with van der Waals surface area (Å²) in [6.45, 7) is 3.62. The predicted octanol–water partition coefficient (Wildman–Crippen LogP) is 2.19. The van der Waals surface area contributed by atoms with Gasteiger partial charge in [-0.1, -0.05) is 23.2 Å². The lowest BCUT2D eigenvalue weighted by molar-refractivity contribution is 0.223. The van der Waals surface area contributed by atoms with Crippen LogP contribution in [0.3, 0.4) is 0 Å². The van der Waals surface area contributed by atoms with E-state index in [1.165, 1.54) is 0 Å². The lowest BCUT2D eigenvalue weighted by Gasteiger charge is -2.09. The van der Waals surface area contributed by atoms with Crippen LogP contribution in [0, 0.1) is 5.41 Å². The number of ether oxygens (including phenoxy) is 1. The summed E-state index contributed by atoms with van der Waals surface area (Å²) in [5.74, 6) is -0.0895. The van der Waals surface area contributed by atoms with E-state index in [9.17, 15) is 0 Å². The summed E-state index contributed by atoms with van der Waals surface area (Å²) in [4.78, 5) is -0.840. The zero-order chi connectivity index (χ0) is 7.44. The molecule has 0 unspecified atom stereocenters. The van der Waals surface area contributed by atoms with Crippen molar-refractivity contribution < 1.29 is 4.74 Å². The molecule has 0 aromatic rings. The second-order valence-corrected chi connectivity index (χ2v) is 2.93. The third-order valence-electron chi connectivity index (χ3n) is 0.561. The minimum atomic E-state index is -0.840. The minimum absolute atomic E-state index is 0.0301. The minimum Gasteiger partial charge on any atom is -0.476 e. The number of alkyl halides is 2. The van der Waals surface area contributed by atoms with Crippen molar-refractivity contribution >= 4 is 29.1 Å². The Morgan fingerprint density at radius 2 is 1.89 bits per heavy atom. The summed E-state index contributed by atoms with van der Waals surface area (Å²) in [6, 6.07) is 0. The molecule has 9 heavy (non-hydrogen) atoms. The highest BCUT2D eigenvalue weighted by Gasteiger charge is 2.08. The van der Waals surface area contributed by atoms with Gasteiger partial charge in [0.1, 0.15) is 0 Å². The molecule has 0 saturated carbocycles. The van der Waals surface area contributed by atoms with E-state index in [4.69, 9.17) is 33.3 Å². The van der Waals surface area contributed by atoms with E-state index in [1.54, 1.807) is 0 Å². The average Bonchev–Trinajstić information content (AvgIpc) is 1.63. The summed E-state index contributed by atoms with van der Waals surface area (Å²) >= 11 is 10.6. The Morgan fingerprint density at radius 3 is 2.00 bits per heavy atom. The molecule has 0 spiro atoms. The van der Waals surface area contributed by atoms with E-state index >= 15 is 0 Å². The first-order valence-electron chi connectivity index (χ1n) is 2.57. The zero-order valence-electron chi connectivity index (χ0n) is 5.32. The maximum Gasteiger partial charge on any atom is 0.214 e. The van der Waals surface area contributed by atoms with Crippen LogP contribution in [-0.4, -0.2) is 16.8 Å².